The highest BCUT2D eigenvalue weighted by Gasteiger charge is 2.26. The Morgan fingerprint density at radius 3 is 2.19 bits per heavy atom. The quantitative estimate of drug-likeness (QED) is 0.610. The molecule has 166 valence electrons. The zero-order valence-electron chi connectivity index (χ0n) is 17.3. The monoisotopic (exact) mass is 466 g/mol. The fraction of sp³-hybridized carbons (Fsp3) is 0.250. The number of rotatable bonds is 6. The number of ether oxygens (including phenoxy) is 2. The maximum atomic E-state index is 12.6. The lowest BCUT2D eigenvalue weighted by Crippen LogP contribution is -2.32. The molecule has 0 radical (unpaired) electrons. The number of hydrogen-bond donors (Lipinski definition) is 2. The number of carbonyl (C=O) groups is 1. The third kappa shape index (κ3) is 6.05. The molecule has 11 heteroatoms. The zero-order chi connectivity index (χ0) is 23.4. The van der Waals surface area contributed by atoms with E-state index in [4.69, 9.17) is 14.6 Å². The summed E-state index contributed by atoms with van der Waals surface area (Å²) in [6.07, 6.45) is 0. The summed E-state index contributed by atoms with van der Waals surface area (Å²) in [6.45, 7) is 3.55. The minimum Gasteiger partial charge on any atom is -0.495 e. The lowest BCUT2D eigenvalue weighted by atomic mass is 10.1. The molecule has 0 saturated heterocycles. The molecule has 0 bridgehead atoms. The number of methoxy groups -OCH3 is 2. The molecule has 0 unspecified atom stereocenters. The predicted molar refractivity (Wildman–Crippen MR) is 113 cm³/mol. The van der Waals surface area contributed by atoms with Gasteiger partial charge in [-0.1, -0.05) is 24.0 Å². The molecule has 2 aromatic rings. The number of nitrogens with two attached hydrogens (primary N) is 1. The van der Waals surface area contributed by atoms with E-state index >= 15 is 0 Å². The van der Waals surface area contributed by atoms with Gasteiger partial charge in [-0.05, 0) is 44.2 Å². The second-order valence-corrected chi connectivity index (χ2v) is 9.99. The van der Waals surface area contributed by atoms with Crippen molar-refractivity contribution in [1.29, 1.82) is 0 Å². The van der Waals surface area contributed by atoms with E-state index in [0.29, 0.717) is 5.56 Å². The van der Waals surface area contributed by atoms with Crippen molar-refractivity contribution in [3.63, 3.8) is 0 Å². The second kappa shape index (κ2) is 9.07. The Kier molecular flexibility index (Phi) is 7.13. The zero-order valence-corrected chi connectivity index (χ0v) is 18.9. The Labute approximate surface area is 181 Å². The van der Waals surface area contributed by atoms with Gasteiger partial charge in [0.15, 0.2) is 0 Å². The minimum absolute atomic E-state index is 0.0370. The SMILES string of the molecule is COc1cc(C(=O)NS(=O)(=O)c2ccccc2S(N)(=O)=O)ccc1C#CC(C)(C)OC. The summed E-state index contributed by atoms with van der Waals surface area (Å²) in [4.78, 5) is 11.3. The molecule has 0 aliphatic carbocycles. The van der Waals surface area contributed by atoms with Crippen LogP contribution in [0.2, 0.25) is 0 Å². The summed E-state index contributed by atoms with van der Waals surface area (Å²) >= 11 is 0. The van der Waals surface area contributed by atoms with E-state index in [1.807, 2.05) is 4.72 Å². The first-order valence-electron chi connectivity index (χ1n) is 8.76. The summed E-state index contributed by atoms with van der Waals surface area (Å²) in [5.41, 5.74) is -0.275. The Morgan fingerprint density at radius 2 is 1.65 bits per heavy atom. The van der Waals surface area contributed by atoms with Crippen molar-refractivity contribution in [2.75, 3.05) is 14.2 Å². The summed E-state index contributed by atoms with van der Waals surface area (Å²) in [6, 6.07) is 8.88. The van der Waals surface area contributed by atoms with Gasteiger partial charge in [0.05, 0.1) is 12.7 Å². The second-order valence-electron chi connectivity index (χ2n) is 6.81. The van der Waals surface area contributed by atoms with Crippen LogP contribution in [0, 0.1) is 11.8 Å². The highest BCUT2D eigenvalue weighted by molar-refractivity contribution is 7.92. The fourth-order valence-electron chi connectivity index (χ4n) is 2.35. The highest BCUT2D eigenvalue weighted by Crippen LogP contribution is 2.22. The van der Waals surface area contributed by atoms with Gasteiger partial charge in [-0.25, -0.2) is 26.7 Å². The van der Waals surface area contributed by atoms with Crippen molar-refractivity contribution in [2.24, 2.45) is 5.14 Å². The molecule has 0 aliphatic heterocycles. The molecule has 3 N–H and O–H groups in total. The van der Waals surface area contributed by atoms with Gasteiger partial charge in [0.1, 0.15) is 21.1 Å². The van der Waals surface area contributed by atoms with Crippen LogP contribution in [0.25, 0.3) is 0 Å². The third-order valence-corrected chi connectivity index (χ3v) is 6.63. The van der Waals surface area contributed by atoms with Crippen LogP contribution in [0.4, 0.5) is 0 Å². The molecule has 0 heterocycles. The van der Waals surface area contributed by atoms with Gasteiger partial charge < -0.3 is 9.47 Å². The normalized spacial score (nSPS) is 11.9. The largest absolute Gasteiger partial charge is 0.495 e. The summed E-state index contributed by atoms with van der Waals surface area (Å²) in [5, 5.41) is 5.08. The van der Waals surface area contributed by atoms with Crippen LogP contribution < -0.4 is 14.6 Å². The van der Waals surface area contributed by atoms with E-state index in [0.717, 1.165) is 12.1 Å². The van der Waals surface area contributed by atoms with Gasteiger partial charge in [0.25, 0.3) is 15.9 Å². The molecule has 2 rings (SSSR count). The standard InChI is InChI=1S/C20H22N2O7S2/c1-20(2,29-4)12-11-14-9-10-15(13-16(14)28-3)19(23)22-31(26,27)18-8-6-5-7-17(18)30(21,24)25/h5-10,13H,1-4H3,(H,22,23)(H2,21,24,25). The van der Waals surface area contributed by atoms with Crippen LogP contribution in [-0.4, -0.2) is 42.6 Å². The average molecular weight is 467 g/mol. The van der Waals surface area contributed by atoms with Crippen molar-refractivity contribution in [2.45, 2.75) is 29.2 Å². The van der Waals surface area contributed by atoms with E-state index < -0.39 is 41.3 Å². The van der Waals surface area contributed by atoms with Crippen molar-refractivity contribution in [3.05, 3.63) is 53.6 Å². The van der Waals surface area contributed by atoms with Crippen LogP contribution in [-0.2, 0) is 24.8 Å². The van der Waals surface area contributed by atoms with Gasteiger partial charge in [-0.2, -0.15) is 0 Å². The summed E-state index contributed by atoms with van der Waals surface area (Å²) in [7, 11) is -5.96. The fourth-order valence-corrected chi connectivity index (χ4v) is 4.70. The van der Waals surface area contributed by atoms with Crippen molar-refractivity contribution in [1.82, 2.24) is 4.72 Å². The van der Waals surface area contributed by atoms with E-state index in [1.54, 1.807) is 13.8 Å². The van der Waals surface area contributed by atoms with Crippen molar-refractivity contribution in [3.8, 4) is 17.6 Å². The first kappa shape index (κ1) is 24.4. The van der Waals surface area contributed by atoms with Gasteiger partial charge in [0, 0.05) is 12.7 Å². The van der Waals surface area contributed by atoms with Crippen LogP contribution in [0.15, 0.2) is 52.3 Å². The van der Waals surface area contributed by atoms with Gasteiger partial charge in [-0.3, -0.25) is 4.79 Å². The Hall–Kier alpha value is -2.91. The number of primary sulfonamides is 1. The molecule has 0 spiro atoms. The number of hydrogen-bond acceptors (Lipinski definition) is 7. The van der Waals surface area contributed by atoms with Gasteiger partial charge >= 0.3 is 0 Å². The molecule has 2 aromatic carbocycles. The number of nitrogens with one attached hydrogen (secondary N) is 1. The van der Waals surface area contributed by atoms with Crippen LogP contribution in [0.3, 0.4) is 0 Å². The van der Waals surface area contributed by atoms with E-state index in [9.17, 15) is 21.6 Å². The minimum atomic E-state index is -4.53. The average Bonchev–Trinajstić information content (AvgIpc) is 2.71. The van der Waals surface area contributed by atoms with E-state index in [-0.39, 0.29) is 11.3 Å². The first-order valence-corrected chi connectivity index (χ1v) is 11.8. The van der Waals surface area contributed by atoms with Gasteiger partial charge in [0.2, 0.25) is 10.0 Å². The molecule has 1 amide bonds. The lowest BCUT2D eigenvalue weighted by Gasteiger charge is -2.14. The molecule has 0 aromatic heterocycles. The number of benzene rings is 2. The van der Waals surface area contributed by atoms with E-state index in [1.165, 1.54) is 44.6 Å². The highest BCUT2D eigenvalue weighted by atomic mass is 32.2. The maximum Gasteiger partial charge on any atom is 0.265 e. The molecule has 31 heavy (non-hydrogen) atoms. The molecule has 0 atom stereocenters. The summed E-state index contributed by atoms with van der Waals surface area (Å²) < 4.78 is 61.0. The number of sulfonamides is 2. The van der Waals surface area contributed by atoms with Crippen molar-refractivity contribution >= 4 is 26.0 Å². The molecule has 0 saturated carbocycles. The summed E-state index contributed by atoms with van der Waals surface area (Å²) in [5.74, 6) is 5.06. The number of carbonyl (C=O) groups excluding carboxylic acids is 1. The molecular formula is C20H22N2O7S2. The Balaban J connectivity index is 2.39. The van der Waals surface area contributed by atoms with Crippen LogP contribution >= 0.6 is 0 Å². The lowest BCUT2D eigenvalue weighted by molar-refractivity contribution is 0.0741. The van der Waals surface area contributed by atoms with Crippen LogP contribution in [0.5, 0.6) is 5.75 Å². The molecule has 0 aliphatic rings. The molecule has 0 fully saturated rings. The van der Waals surface area contributed by atoms with E-state index in [2.05, 4.69) is 11.8 Å². The topological polar surface area (TPSA) is 142 Å². The smallest absolute Gasteiger partial charge is 0.265 e. The van der Waals surface area contributed by atoms with Gasteiger partial charge in [-0.15, -0.1) is 0 Å². The van der Waals surface area contributed by atoms with Crippen LogP contribution in [0.1, 0.15) is 29.8 Å². The third-order valence-electron chi connectivity index (χ3n) is 4.14. The Bertz CT molecular complexity index is 1270. The predicted octanol–water partition coefficient (Wildman–Crippen LogP) is 1.24. The maximum absolute atomic E-state index is 12.6. The van der Waals surface area contributed by atoms with Crippen molar-refractivity contribution < 1.29 is 31.1 Å². The molecular weight excluding hydrogens is 444 g/mol. The number of amides is 1. The Morgan fingerprint density at radius 1 is 1.03 bits per heavy atom. The first-order chi connectivity index (χ1) is 14.3. The molecule has 9 nitrogen and oxygen atoms in total.